The Balaban J connectivity index is 1.19. The summed E-state index contributed by atoms with van der Waals surface area (Å²) in [5.74, 6) is -0.988. The maximum atomic E-state index is 13.8. The number of nitrogens with one attached hydrogen (secondary N) is 3. The molecule has 0 aliphatic carbocycles. The highest BCUT2D eigenvalue weighted by Crippen LogP contribution is 2.37. The molecule has 6 aromatic rings. The van der Waals surface area contributed by atoms with Crippen molar-refractivity contribution >= 4 is 57.7 Å². The molecule has 0 bridgehead atoms. The minimum atomic E-state index is -0.524. The maximum absolute atomic E-state index is 13.8. The third-order valence-corrected chi connectivity index (χ3v) is 8.66. The van der Waals surface area contributed by atoms with Gasteiger partial charge in [-0.2, -0.15) is 0 Å². The zero-order valence-corrected chi connectivity index (χ0v) is 26.1. The first-order valence-corrected chi connectivity index (χ1v) is 16.0. The molecular weight excluding hydrogens is 603 g/mol. The van der Waals surface area contributed by atoms with Crippen LogP contribution in [0.3, 0.4) is 0 Å². The second-order valence-corrected chi connectivity index (χ2v) is 11.9. The number of thioether (sulfide) groups is 1. The molecule has 230 valence electrons. The fraction of sp³-hybridized carbons (Fsp3) is 0.0250. The van der Waals surface area contributed by atoms with E-state index in [4.69, 9.17) is 0 Å². The average molecular weight is 634 g/mol. The molecule has 1 atom stereocenters. The molecule has 0 aromatic heterocycles. The van der Waals surface area contributed by atoms with Crippen LogP contribution >= 0.6 is 11.8 Å². The van der Waals surface area contributed by atoms with Gasteiger partial charge >= 0.3 is 0 Å². The second kappa shape index (κ2) is 14.9. The van der Waals surface area contributed by atoms with Crippen LogP contribution in [0.2, 0.25) is 0 Å². The van der Waals surface area contributed by atoms with Crippen molar-refractivity contribution < 1.29 is 14.4 Å². The first-order chi connectivity index (χ1) is 23.0. The molecule has 7 heteroatoms. The first-order valence-electron chi connectivity index (χ1n) is 15.1. The van der Waals surface area contributed by atoms with E-state index in [1.165, 1.54) is 11.8 Å². The van der Waals surface area contributed by atoms with Gasteiger partial charge in [0, 0.05) is 27.2 Å². The van der Waals surface area contributed by atoms with Crippen LogP contribution in [0.25, 0.3) is 16.8 Å². The molecule has 1 unspecified atom stereocenters. The SMILES string of the molecule is O=C(Nc1ccc(SC(C(=O)Nc2cccc3ccccc23)c2ccccc2)cc1)/C(=C/c1ccccc1)NC(=O)c1ccccc1. The van der Waals surface area contributed by atoms with E-state index in [2.05, 4.69) is 16.0 Å². The predicted molar refractivity (Wildman–Crippen MR) is 191 cm³/mol. The van der Waals surface area contributed by atoms with Gasteiger partial charge in [0.25, 0.3) is 11.8 Å². The Morgan fingerprint density at radius 2 is 1.21 bits per heavy atom. The van der Waals surface area contributed by atoms with Crippen LogP contribution < -0.4 is 16.0 Å². The van der Waals surface area contributed by atoms with Gasteiger partial charge in [-0.3, -0.25) is 14.4 Å². The van der Waals surface area contributed by atoms with Crippen molar-refractivity contribution in [1.82, 2.24) is 5.32 Å². The van der Waals surface area contributed by atoms with Crippen molar-refractivity contribution in [2.75, 3.05) is 10.6 Å². The van der Waals surface area contributed by atoms with Gasteiger partial charge in [-0.25, -0.2) is 0 Å². The number of amides is 3. The number of hydrogen-bond donors (Lipinski definition) is 3. The Hall–Kier alpha value is -5.92. The largest absolute Gasteiger partial charge is 0.324 e. The van der Waals surface area contributed by atoms with Gasteiger partial charge in [0.05, 0.1) is 0 Å². The molecule has 0 fully saturated rings. The molecule has 6 aromatic carbocycles. The highest BCUT2D eigenvalue weighted by atomic mass is 32.2. The molecule has 3 amide bonds. The minimum absolute atomic E-state index is 0.109. The summed E-state index contributed by atoms with van der Waals surface area (Å²) in [5.41, 5.74) is 3.50. The Labute approximate surface area is 277 Å². The summed E-state index contributed by atoms with van der Waals surface area (Å²) in [6.45, 7) is 0. The Bertz CT molecular complexity index is 2030. The summed E-state index contributed by atoms with van der Waals surface area (Å²) in [7, 11) is 0. The van der Waals surface area contributed by atoms with Crippen molar-refractivity contribution in [1.29, 1.82) is 0 Å². The molecule has 0 saturated heterocycles. The fourth-order valence-electron chi connectivity index (χ4n) is 5.04. The number of carbonyl (C=O) groups is 3. The quantitative estimate of drug-likeness (QED) is 0.104. The Morgan fingerprint density at radius 3 is 1.94 bits per heavy atom. The van der Waals surface area contributed by atoms with E-state index in [1.54, 1.807) is 42.5 Å². The van der Waals surface area contributed by atoms with E-state index in [0.717, 1.165) is 32.5 Å². The fourth-order valence-corrected chi connectivity index (χ4v) is 6.07. The Kier molecular flexibility index (Phi) is 9.86. The summed E-state index contributed by atoms with van der Waals surface area (Å²) in [4.78, 5) is 41.0. The number of carbonyl (C=O) groups excluding carboxylic acids is 3. The van der Waals surface area contributed by atoms with Crippen molar-refractivity contribution in [3.05, 3.63) is 180 Å². The normalized spacial score (nSPS) is 11.8. The molecule has 0 heterocycles. The van der Waals surface area contributed by atoms with Gasteiger partial charge in [0.15, 0.2) is 0 Å². The molecule has 0 saturated carbocycles. The summed E-state index contributed by atoms with van der Waals surface area (Å²) in [6, 6.07) is 48.8. The van der Waals surface area contributed by atoms with Crippen molar-refractivity contribution in [3.8, 4) is 0 Å². The lowest BCUT2D eigenvalue weighted by molar-refractivity contribution is -0.116. The average Bonchev–Trinajstić information content (AvgIpc) is 3.12. The molecule has 6 rings (SSSR count). The lowest BCUT2D eigenvalue weighted by Gasteiger charge is -2.18. The standard InChI is InChI=1S/C40H31N3O3S/c44-38(31-18-8-3-9-19-31)43-36(27-28-13-4-1-5-14-28)39(45)41-32-23-25-33(26-24-32)47-37(30-16-6-2-7-17-30)40(46)42-35-22-12-20-29-15-10-11-21-34(29)35/h1-27,37H,(H,41,45)(H,42,46)(H,43,44)/b36-27-. The third kappa shape index (κ3) is 8.03. The van der Waals surface area contributed by atoms with Gasteiger partial charge in [0.1, 0.15) is 10.9 Å². The number of benzene rings is 6. The molecule has 0 spiro atoms. The van der Waals surface area contributed by atoms with Gasteiger partial charge in [-0.1, -0.05) is 115 Å². The van der Waals surface area contributed by atoms with Crippen molar-refractivity contribution in [2.24, 2.45) is 0 Å². The van der Waals surface area contributed by atoms with Crippen molar-refractivity contribution in [2.45, 2.75) is 10.1 Å². The zero-order valence-electron chi connectivity index (χ0n) is 25.3. The highest BCUT2D eigenvalue weighted by molar-refractivity contribution is 8.00. The molecule has 0 aliphatic rings. The predicted octanol–water partition coefficient (Wildman–Crippen LogP) is 8.72. The molecule has 6 nitrogen and oxygen atoms in total. The minimum Gasteiger partial charge on any atom is -0.324 e. The van der Waals surface area contributed by atoms with Crippen molar-refractivity contribution in [3.63, 3.8) is 0 Å². The molecule has 0 aliphatic heterocycles. The monoisotopic (exact) mass is 633 g/mol. The van der Waals surface area contributed by atoms with Crippen LogP contribution in [0.5, 0.6) is 0 Å². The van der Waals surface area contributed by atoms with Crippen LogP contribution in [0.1, 0.15) is 26.7 Å². The lowest BCUT2D eigenvalue weighted by atomic mass is 10.1. The summed E-state index contributed by atoms with van der Waals surface area (Å²) < 4.78 is 0. The number of rotatable bonds is 10. The topological polar surface area (TPSA) is 87.3 Å². The Morgan fingerprint density at radius 1 is 0.596 bits per heavy atom. The molecule has 47 heavy (non-hydrogen) atoms. The van der Waals surface area contributed by atoms with E-state index in [0.29, 0.717) is 11.3 Å². The molecule has 3 N–H and O–H groups in total. The summed E-state index contributed by atoms with van der Waals surface area (Å²) >= 11 is 1.42. The van der Waals surface area contributed by atoms with Crippen LogP contribution in [0.15, 0.2) is 168 Å². The van der Waals surface area contributed by atoms with Crippen LogP contribution in [0, 0.1) is 0 Å². The van der Waals surface area contributed by atoms with E-state index in [9.17, 15) is 14.4 Å². The highest BCUT2D eigenvalue weighted by Gasteiger charge is 2.23. The van der Waals surface area contributed by atoms with E-state index >= 15 is 0 Å². The number of hydrogen-bond acceptors (Lipinski definition) is 4. The summed E-state index contributed by atoms with van der Waals surface area (Å²) in [6.07, 6.45) is 1.64. The third-order valence-electron chi connectivity index (χ3n) is 7.39. The lowest BCUT2D eigenvalue weighted by Crippen LogP contribution is -2.30. The molecular formula is C40H31N3O3S. The van der Waals surface area contributed by atoms with Crippen LogP contribution in [-0.4, -0.2) is 17.7 Å². The number of anilines is 2. The molecule has 0 radical (unpaired) electrons. The van der Waals surface area contributed by atoms with E-state index in [-0.39, 0.29) is 17.5 Å². The van der Waals surface area contributed by atoms with Gasteiger partial charge in [0.2, 0.25) is 5.91 Å². The van der Waals surface area contributed by atoms with Crippen LogP contribution in [0.4, 0.5) is 11.4 Å². The second-order valence-electron chi connectivity index (χ2n) is 10.7. The first kappa shape index (κ1) is 31.1. The van der Waals surface area contributed by atoms with Crippen LogP contribution in [-0.2, 0) is 9.59 Å². The zero-order chi connectivity index (χ0) is 32.4. The van der Waals surface area contributed by atoms with E-state index in [1.807, 2.05) is 121 Å². The number of fused-ring (bicyclic) bond motifs is 1. The van der Waals surface area contributed by atoms with E-state index < -0.39 is 11.2 Å². The van der Waals surface area contributed by atoms with Gasteiger partial charge in [-0.05, 0) is 65.1 Å². The van der Waals surface area contributed by atoms with Gasteiger partial charge < -0.3 is 16.0 Å². The summed E-state index contributed by atoms with van der Waals surface area (Å²) in [5, 5.41) is 10.3. The smallest absolute Gasteiger partial charge is 0.272 e. The maximum Gasteiger partial charge on any atom is 0.272 e. The van der Waals surface area contributed by atoms with Gasteiger partial charge in [-0.15, -0.1) is 11.8 Å².